The molecule has 3 rings (SSSR count). The number of carbonyl (C=O) groups is 2. The number of ether oxygens (including phenoxy) is 1. The highest BCUT2D eigenvalue weighted by Gasteiger charge is 2.30. The second kappa shape index (κ2) is 8.92. The van der Waals surface area contributed by atoms with Crippen molar-refractivity contribution >= 4 is 28.3 Å². The third-order valence-corrected chi connectivity index (χ3v) is 5.65. The number of hydrogen-bond acceptors (Lipinski definition) is 4. The number of methoxy groups -OCH3 is 1. The van der Waals surface area contributed by atoms with Gasteiger partial charge in [0.05, 0.1) is 27.9 Å². The van der Waals surface area contributed by atoms with E-state index in [4.69, 9.17) is 4.74 Å². The quantitative estimate of drug-likeness (QED) is 0.740. The zero-order chi connectivity index (χ0) is 19.2. The SMILES string of the molecule is COCCCNC(=O)c1ccc2c(c1)N(Cc1ccccc1)C(=O)CS2=O. The van der Waals surface area contributed by atoms with Crippen LogP contribution < -0.4 is 10.2 Å². The summed E-state index contributed by atoms with van der Waals surface area (Å²) in [7, 11) is 0.222. The van der Waals surface area contributed by atoms with Gasteiger partial charge in [0.2, 0.25) is 5.91 Å². The van der Waals surface area contributed by atoms with Crippen LogP contribution in [0, 0.1) is 0 Å². The number of rotatable bonds is 7. The summed E-state index contributed by atoms with van der Waals surface area (Å²) in [4.78, 5) is 27.1. The lowest BCUT2D eigenvalue weighted by Gasteiger charge is -2.29. The molecule has 27 heavy (non-hydrogen) atoms. The molecular formula is C20H22N2O4S. The van der Waals surface area contributed by atoms with Crippen LogP contribution >= 0.6 is 0 Å². The zero-order valence-electron chi connectivity index (χ0n) is 15.1. The van der Waals surface area contributed by atoms with Gasteiger partial charge in [-0.1, -0.05) is 30.3 Å². The van der Waals surface area contributed by atoms with Crippen LogP contribution in [0.3, 0.4) is 0 Å². The highest BCUT2D eigenvalue weighted by atomic mass is 32.2. The van der Waals surface area contributed by atoms with Gasteiger partial charge in [-0.05, 0) is 30.2 Å². The Hall–Kier alpha value is -2.51. The lowest BCUT2D eigenvalue weighted by molar-refractivity contribution is -0.116. The first-order valence-electron chi connectivity index (χ1n) is 8.74. The fourth-order valence-electron chi connectivity index (χ4n) is 2.92. The number of amides is 2. The van der Waals surface area contributed by atoms with Gasteiger partial charge in [0.1, 0.15) is 5.75 Å². The van der Waals surface area contributed by atoms with Crippen LogP contribution in [0.1, 0.15) is 22.3 Å². The summed E-state index contributed by atoms with van der Waals surface area (Å²) in [6.07, 6.45) is 0.718. The first-order chi connectivity index (χ1) is 13.1. The summed E-state index contributed by atoms with van der Waals surface area (Å²) in [5.41, 5.74) is 1.95. The molecule has 0 spiro atoms. The Morgan fingerprint density at radius 1 is 1.22 bits per heavy atom. The smallest absolute Gasteiger partial charge is 0.251 e. The largest absolute Gasteiger partial charge is 0.385 e. The summed E-state index contributed by atoms with van der Waals surface area (Å²) >= 11 is 0. The maximum Gasteiger partial charge on any atom is 0.251 e. The highest BCUT2D eigenvalue weighted by molar-refractivity contribution is 7.86. The Balaban J connectivity index is 1.85. The van der Waals surface area contributed by atoms with Gasteiger partial charge < -0.3 is 15.0 Å². The van der Waals surface area contributed by atoms with E-state index in [0.29, 0.717) is 35.8 Å². The fourth-order valence-corrected chi connectivity index (χ4v) is 4.08. The molecule has 142 valence electrons. The topological polar surface area (TPSA) is 75.7 Å². The molecule has 0 saturated heterocycles. The summed E-state index contributed by atoms with van der Waals surface area (Å²) in [6.45, 7) is 1.45. The second-order valence-electron chi connectivity index (χ2n) is 6.24. The number of hydrogen-bond donors (Lipinski definition) is 1. The van der Waals surface area contributed by atoms with E-state index in [2.05, 4.69) is 5.32 Å². The fraction of sp³-hybridized carbons (Fsp3) is 0.300. The minimum absolute atomic E-state index is 0.0393. The van der Waals surface area contributed by atoms with Crippen LogP contribution in [0.5, 0.6) is 0 Å². The maximum atomic E-state index is 12.5. The summed E-state index contributed by atoms with van der Waals surface area (Å²) in [6, 6.07) is 14.6. The molecule has 0 aromatic heterocycles. The molecule has 2 aromatic rings. The molecule has 2 amide bonds. The minimum Gasteiger partial charge on any atom is -0.385 e. The molecule has 1 aliphatic rings. The molecule has 1 atom stereocenters. The lowest BCUT2D eigenvalue weighted by Crippen LogP contribution is -2.38. The van der Waals surface area contributed by atoms with Crippen molar-refractivity contribution in [3.8, 4) is 0 Å². The van der Waals surface area contributed by atoms with Gasteiger partial charge >= 0.3 is 0 Å². The van der Waals surface area contributed by atoms with E-state index in [1.807, 2.05) is 30.3 Å². The Morgan fingerprint density at radius 2 is 2.00 bits per heavy atom. The first-order valence-corrected chi connectivity index (χ1v) is 10.1. The average Bonchev–Trinajstić information content (AvgIpc) is 2.68. The van der Waals surface area contributed by atoms with Crippen molar-refractivity contribution in [3.63, 3.8) is 0 Å². The van der Waals surface area contributed by atoms with E-state index in [-0.39, 0.29) is 17.6 Å². The molecule has 6 nitrogen and oxygen atoms in total. The van der Waals surface area contributed by atoms with E-state index in [9.17, 15) is 13.8 Å². The van der Waals surface area contributed by atoms with Gasteiger partial charge in [0.15, 0.2) is 0 Å². The molecule has 0 fully saturated rings. The van der Waals surface area contributed by atoms with Crippen LogP contribution in [0.4, 0.5) is 5.69 Å². The summed E-state index contributed by atoms with van der Waals surface area (Å²) < 4.78 is 17.3. The van der Waals surface area contributed by atoms with Crippen molar-refractivity contribution in [2.45, 2.75) is 17.9 Å². The highest BCUT2D eigenvalue weighted by Crippen LogP contribution is 2.31. The number of carbonyl (C=O) groups excluding carboxylic acids is 2. The molecule has 1 aliphatic heterocycles. The van der Waals surface area contributed by atoms with E-state index in [1.165, 1.54) is 0 Å². The van der Waals surface area contributed by atoms with Gasteiger partial charge in [-0.2, -0.15) is 0 Å². The van der Waals surface area contributed by atoms with Crippen LogP contribution in [0.25, 0.3) is 0 Å². The number of nitrogens with zero attached hydrogens (tertiary/aromatic N) is 1. The number of fused-ring (bicyclic) bond motifs is 1. The number of nitrogens with one attached hydrogen (secondary N) is 1. The standard InChI is InChI=1S/C20H22N2O4S/c1-26-11-5-10-21-20(24)16-8-9-18-17(12-16)22(19(23)14-27(18)25)13-15-6-3-2-4-7-15/h2-4,6-9,12H,5,10-11,13-14H2,1H3,(H,21,24). The zero-order valence-corrected chi connectivity index (χ0v) is 16.0. The van der Waals surface area contributed by atoms with Crippen molar-refractivity contribution in [2.24, 2.45) is 0 Å². The number of benzene rings is 2. The molecule has 1 unspecified atom stereocenters. The van der Waals surface area contributed by atoms with Crippen molar-refractivity contribution in [3.05, 3.63) is 59.7 Å². The van der Waals surface area contributed by atoms with Gasteiger partial charge in [-0.3, -0.25) is 13.8 Å². The van der Waals surface area contributed by atoms with Gasteiger partial charge in [-0.15, -0.1) is 0 Å². The molecule has 7 heteroatoms. The second-order valence-corrected chi connectivity index (χ2v) is 7.66. The van der Waals surface area contributed by atoms with Crippen LogP contribution in [-0.4, -0.2) is 42.0 Å². The summed E-state index contributed by atoms with van der Waals surface area (Å²) in [5, 5.41) is 2.83. The molecule has 0 bridgehead atoms. The molecule has 2 aromatic carbocycles. The van der Waals surface area contributed by atoms with Gasteiger partial charge in [-0.25, -0.2) is 0 Å². The molecule has 0 radical (unpaired) electrons. The van der Waals surface area contributed by atoms with Crippen LogP contribution in [0.2, 0.25) is 0 Å². The van der Waals surface area contributed by atoms with Crippen LogP contribution in [0.15, 0.2) is 53.4 Å². The summed E-state index contributed by atoms with van der Waals surface area (Å²) in [5.74, 6) is -0.470. The monoisotopic (exact) mass is 386 g/mol. The van der Waals surface area contributed by atoms with Crippen molar-refractivity contribution in [1.29, 1.82) is 0 Å². The molecule has 1 N–H and O–H groups in total. The third-order valence-electron chi connectivity index (χ3n) is 4.31. The van der Waals surface area contributed by atoms with Crippen molar-refractivity contribution < 1.29 is 18.5 Å². The lowest BCUT2D eigenvalue weighted by atomic mass is 10.1. The van der Waals surface area contributed by atoms with E-state index in [1.54, 1.807) is 30.2 Å². The van der Waals surface area contributed by atoms with Crippen molar-refractivity contribution in [1.82, 2.24) is 5.32 Å². The predicted molar refractivity (Wildman–Crippen MR) is 104 cm³/mol. The van der Waals surface area contributed by atoms with Gasteiger partial charge in [0, 0.05) is 25.8 Å². The molecule has 1 heterocycles. The molecule has 0 aliphatic carbocycles. The Bertz CT molecular complexity index is 854. The molecular weight excluding hydrogens is 364 g/mol. The normalized spacial score (nSPS) is 16.1. The maximum absolute atomic E-state index is 12.5. The average molecular weight is 386 g/mol. The predicted octanol–water partition coefficient (Wildman–Crippen LogP) is 2.11. The third kappa shape index (κ3) is 4.61. The first kappa shape index (κ1) is 19.3. The Morgan fingerprint density at radius 3 is 2.74 bits per heavy atom. The van der Waals surface area contributed by atoms with E-state index >= 15 is 0 Å². The van der Waals surface area contributed by atoms with E-state index < -0.39 is 10.8 Å². The Kier molecular flexibility index (Phi) is 6.36. The van der Waals surface area contributed by atoms with Gasteiger partial charge in [0.25, 0.3) is 5.91 Å². The van der Waals surface area contributed by atoms with Crippen molar-refractivity contribution in [2.75, 3.05) is 30.9 Å². The Labute approximate surface area is 161 Å². The van der Waals surface area contributed by atoms with Crippen LogP contribution in [-0.2, 0) is 26.9 Å². The molecule has 0 saturated carbocycles. The van der Waals surface area contributed by atoms with E-state index in [0.717, 1.165) is 12.0 Å². The minimum atomic E-state index is -1.39. The number of anilines is 1.